The molecule has 108 valence electrons. The molecule has 0 spiro atoms. The largest absolute Gasteiger partial charge is 0.497 e. The maximum atomic E-state index is 12.4. The average molecular weight is 277 g/mol. The molecule has 0 unspecified atom stereocenters. The van der Waals surface area contributed by atoms with Gasteiger partial charge in [0.2, 0.25) is 5.91 Å². The van der Waals surface area contributed by atoms with E-state index in [9.17, 15) is 9.59 Å². The van der Waals surface area contributed by atoms with E-state index in [0.29, 0.717) is 37.2 Å². The molecule has 2 rings (SSSR count). The van der Waals surface area contributed by atoms with Gasteiger partial charge in [-0.1, -0.05) is 6.07 Å². The summed E-state index contributed by atoms with van der Waals surface area (Å²) in [5, 5.41) is 0. The van der Waals surface area contributed by atoms with Crippen LogP contribution in [0, 0.1) is 5.92 Å². The highest BCUT2D eigenvalue weighted by Crippen LogP contribution is 2.20. The second-order valence-corrected chi connectivity index (χ2v) is 4.81. The van der Waals surface area contributed by atoms with Crippen molar-refractivity contribution in [3.8, 4) is 5.75 Å². The van der Waals surface area contributed by atoms with E-state index in [0.717, 1.165) is 0 Å². The van der Waals surface area contributed by atoms with Crippen LogP contribution < -0.4 is 16.0 Å². The van der Waals surface area contributed by atoms with E-state index in [2.05, 4.69) is 5.43 Å². The summed E-state index contributed by atoms with van der Waals surface area (Å²) in [6.45, 7) is 1.13. The Balaban J connectivity index is 1.99. The van der Waals surface area contributed by atoms with E-state index in [-0.39, 0.29) is 17.7 Å². The molecule has 2 amide bonds. The Bertz CT molecular complexity index is 496. The molecular weight excluding hydrogens is 258 g/mol. The van der Waals surface area contributed by atoms with Gasteiger partial charge < -0.3 is 9.64 Å². The van der Waals surface area contributed by atoms with Gasteiger partial charge in [-0.2, -0.15) is 0 Å². The molecule has 3 N–H and O–H groups in total. The third kappa shape index (κ3) is 3.08. The molecule has 1 aromatic rings. The summed E-state index contributed by atoms with van der Waals surface area (Å²) >= 11 is 0. The molecule has 6 heteroatoms. The standard InChI is InChI=1S/C14H19N3O3/c1-20-12-4-2-3-11(9-12)14(19)17-7-5-10(6-8-17)13(18)16-15/h2-4,9-10H,5-8,15H2,1H3,(H,16,18). The number of hydrogen-bond donors (Lipinski definition) is 2. The summed E-state index contributed by atoms with van der Waals surface area (Å²) in [4.78, 5) is 25.6. The number of carbonyl (C=O) groups excluding carboxylic acids is 2. The van der Waals surface area contributed by atoms with Crippen LogP contribution in [0.4, 0.5) is 0 Å². The average Bonchev–Trinajstić information content (AvgIpc) is 2.53. The SMILES string of the molecule is COc1cccc(C(=O)N2CCC(C(=O)NN)CC2)c1. The number of carbonyl (C=O) groups is 2. The number of ether oxygens (including phenoxy) is 1. The highest BCUT2D eigenvalue weighted by molar-refractivity contribution is 5.94. The van der Waals surface area contributed by atoms with Gasteiger partial charge in [0, 0.05) is 24.6 Å². The van der Waals surface area contributed by atoms with Crippen LogP contribution in [-0.2, 0) is 4.79 Å². The Morgan fingerprint density at radius 1 is 1.35 bits per heavy atom. The number of nitrogens with zero attached hydrogens (tertiary/aromatic N) is 1. The van der Waals surface area contributed by atoms with Crippen LogP contribution in [0.15, 0.2) is 24.3 Å². The Kier molecular flexibility index (Phi) is 4.57. The van der Waals surface area contributed by atoms with Crippen molar-refractivity contribution in [3.63, 3.8) is 0 Å². The van der Waals surface area contributed by atoms with Crippen LogP contribution >= 0.6 is 0 Å². The lowest BCUT2D eigenvalue weighted by Crippen LogP contribution is -2.44. The molecule has 1 fully saturated rings. The summed E-state index contributed by atoms with van der Waals surface area (Å²) < 4.78 is 5.12. The first-order chi connectivity index (χ1) is 9.65. The molecule has 20 heavy (non-hydrogen) atoms. The summed E-state index contributed by atoms with van der Waals surface area (Å²) in [6, 6.07) is 7.08. The van der Waals surface area contributed by atoms with Crippen molar-refractivity contribution >= 4 is 11.8 Å². The predicted octanol–water partition coefficient (Wildman–Crippen LogP) is 0.537. The zero-order valence-corrected chi connectivity index (χ0v) is 11.5. The lowest BCUT2D eigenvalue weighted by atomic mass is 9.95. The number of amides is 2. The minimum absolute atomic E-state index is 0.0319. The van der Waals surface area contributed by atoms with Crippen molar-refractivity contribution in [3.05, 3.63) is 29.8 Å². The van der Waals surface area contributed by atoms with Crippen LogP contribution in [-0.4, -0.2) is 36.9 Å². The topological polar surface area (TPSA) is 84.7 Å². The van der Waals surface area contributed by atoms with Crippen molar-refractivity contribution < 1.29 is 14.3 Å². The van der Waals surface area contributed by atoms with Gasteiger partial charge in [-0.05, 0) is 31.0 Å². The number of nitrogens with one attached hydrogen (secondary N) is 1. The first-order valence-corrected chi connectivity index (χ1v) is 6.59. The quantitative estimate of drug-likeness (QED) is 0.480. The van der Waals surface area contributed by atoms with E-state index in [1.807, 2.05) is 0 Å². The highest BCUT2D eigenvalue weighted by atomic mass is 16.5. The molecule has 1 aliphatic heterocycles. The minimum Gasteiger partial charge on any atom is -0.497 e. The van der Waals surface area contributed by atoms with Crippen LogP contribution in [0.5, 0.6) is 5.75 Å². The van der Waals surface area contributed by atoms with Gasteiger partial charge in [0.1, 0.15) is 5.75 Å². The third-order valence-corrected chi connectivity index (χ3v) is 3.61. The first-order valence-electron chi connectivity index (χ1n) is 6.59. The molecular formula is C14H19N3O3. The maximum Gasteiger partial charge on any atom is 0.253 e. The van der Waals surface area contributed by atoms with Crippen LogP contribution in [0.25, 0.3) is 0 Å². The van der Waals surface area contributed by atoms with Crippen molar-refractivity contribution in [2.24, 2.45) is 11.8 Å². The lowest BCUT2D eigenvalue weighted by Gasteiger charge is -2.31. The monoisotopic (exact) mass is 277 g/mol. The second-order valence-electron chi connectivity index (χ2n) is 4.81. The second kappa shape index (κ2) is 6.38. The fraction of sp³-hybridized carbons (Fsp3) is 0.429. The van der Waals surface area contributed by atoms with E-state index < -0.39 is 0 Å². The van der Waals surface area contributed by atoms with Gasteiger partial charge in [0.15, 0.2) is 0 Å². The summed E-state index contributed by atoms with van der Waals surface area (Å²) in [5.41, 5.74) is 2.77. The lowest BCUT2D eigenvalue weighted by molar-refractivity contribution is -0.126. The van der Waals surface area contributed by atoms with Crippen LogP contribution in [0.3, 0.4) is 0 Å². The molecule has 0 bridgehead atoms. The zero-order chi connectivity index (χ0) is 14.5. The molecule has 0 saturated carbocycles. The number of nitrogens with two attached hydrogens (primary N) is 1. The van der Waals surface area contributed by atoms with E-state index in [1.165, 1.54) is 0 Å². The van der Waals surface area contributed by atoms with E-state index in [4.69, 9.17) is 10.6 Å². The molecule has 1 heterocycles. The fourth-order valence-corrected chi connectivity index (χ4v) is 2.40. The third-order valence-electron chi connectivity index (χ3n) is 3.61. The number of likely N-dealkylation sites (tertiary alicyclic amines) is 1. The molecule has 0 atom stereocenters. The number of hydrazine groups is 1. The number of piperidine rings is 1. The smallest absolute Gasteiger partial charge is 0.253 e. The number of benzene rings is 1. The number of rotatable bonds is 3. The van der Waals surface area contributed by atoms with Gasteiger partial charge in [0.25, 0.3) is 5.91 Å². The van der Waals surface area contributed by atoms with Crippen molar-refractivity contribution in [2.45, 2.75) is 12.8 Å². The Morgan fingerprint density at radius 2 is 2.05 bits per heavy atom. The van der Waals surface area contributed by atoms with Crippen molar-refractivity contribution in [1.29, 1.82) is 0 Å². The summed E-state index contributed by atoms with van der Waals surface area (Å²) in [6.07, 6.45) is 1.28. The molecule has 0 aliphatic carbocycles. The maximum absolute atomic E-state index is 12.4. The highest BCUT2D eigenvalue weighted by Gasteiger charge is 2.27. The Morgan fingerprint density at radius 3 is 2.65 bits per heavy atom. The summed E-state index contributed by atoms with van der Waals surface area (Å²) in [5.74, 6) is 5.50. The van der Waals surface area contributed by atoms with Gasteiger partial charge in [-0.15, -0.1) is 0 Å². The van der Waals surface area contributed by atoms with Crippen LogP contribution in [0.2, 0.25) is 0 Å². The predicted molar refractivity (Wildman–Crippen MR) is 74.0 cm³/mol. The van der Waals surface area contributed by atoms with Crippen molar-refractivity contribution in [1.82, 2.24) is 10.3 Å². The van der Waals surface area contributed by atoms with Crippen LogP contribution in [0.1, 0.15) is 23.2 Å². The first kappa shape index (κ1) is 14.3. The van der Waals surface area contributed by atoms with Gasteiger partial charge in [-0.3, -0.25) is 15.0 Å². The minimum atomic E-state index is -0.154. The summed E-state index contributed by atoms with van der Waals surface area (Å²) in [7, 11) is 1.57. The zero-order valence-electron chi connectivity index (χ0n) is 11.5. The van der Waals surface area contributed by atoms with Gasteiger partial charge in [-0.25, -0.2) is 5.84 Å². The molecule has 1 aliphatic rings. The molecule has 1 aromatic carbocycles. The van der Waals surface area contributed by atoms with Crippen molar-refractivity contribution in [2.75, 3.05) is 20.2 Å². The Labute approximate surface area is 117 Å². The van der Waals surface area contributed by atoms with E-state index >= 15 is 0 Å². The normalized spacial score (nSPS) is 15.8. The molecule has 0 aromatic heterocycles. The number of methoxy groups -OCH3 is 1. The number of hydrogen-bond acceptors (Lipinski definition) is 4. The Hall–Kier alpha value is -2.08. The molecule has 1 saturated heterocycles. The van der Waals surface area contributed by atoms with Gasteiger partial charge in [0.05, 0.1) is 7.11 Å². The molecule has 6 nitrogen and oxygen atoms in total. The van der Waals surface area contributed by atoms with Gasteiger partial charge >= 0.3 is 0 Å². The fourth-order valence-electron chi connectivity index (χ4n) is 2.40. The van der Waals surface area contributed by atoms with E-state index in [1.54, 1.807) is 36.3 Å². The molecule has 0 radical (unpaired) electrons.